The molecular formula is C19H33IN4O3. The summed E-state index contributed by atoms with van der Waals surface area (Å²) < 4.78 is 10.9. The standard InChI is InChI=1S/C19H32N4O3.HI/c1-6-20-19(22(4)15-18(24)23(7-2)8-3)21-12-13-26-17-11-9-10-16(14-17)25-5;/h9-11,14H,6-8,12-13,15H2,1-5H3,(H,20,21);1H. The summed E-state index contributed by atoms with van der Waals surface area (Å²) >= 11 is 0. The Morgan fingerprint density at radius 1 is 1.19 bits per heavy atom. The van der Waals surface area contributed by atoms with E-state index < -0.39 is 0 Å². The summed E-state index contributed by atoms with van der Waals surface area (Å²) in [5, 5.41) is 3.21. The fraction of sp³-hybridized carbons (Fsp3) is 0.579. The Balaban J connectivity index is 0.00000676. The van der Waals surface area contributed by atoms with Crippen LogP contribution in [-0.2, 0) is 4.79 Å². The molecule has 1 N–H and O–H groups in total. The third-order valence-electron chi connectivity index (χ3n) is 3.85. The smallest absolute Gasteiger partial charge is 0.242 e. The predicted molar refractivity (Wildman–Crippen MR) is 120 cm³/mol. The van der Waals surface area contributed by atoms with Gasteiger partial charge in [-0.25, -0.2) is 4.99 Å². The van der Waals surface area contributed by atoms with Gasteiger partial charge in [-0.1, -0.05) is 6.07 Å². The lowest BCUT2D eigenvalue weighted by Gasteiger charge is -2.25. The quantitative estimate of drug-likeness (QED) is 0.235. The van der Waals surface area contributed by atoms with Crippen molar-refractivity contribution in [3.05, 3.63) is 24.3 Å². The van der Waals surface area contributed by atoms with E-state index in [0.717, 1.165) is 18.0 Å². The molecule has 1 aromatic carbocycles. The number of carbonyl (C=O) groups excluding carboxylic acids is 1. The fourth-order valence-electron chi connectivity index (χ4n) is 2.43. The second-order valence-corrected chi connectivity index (χ2v) is 5.69. The number of amides is 1. The van der Waals surface area contributed by atoms with Gasteiger partial charge in [-0.2, -0.15) is 0 Å². The van der Waals surface area contributed by atoms with Crippen molar-refractivity contribution in [3.63, 3.8) is 0 Å². The van der Waals surface area contributed by atoms with Gasteiger partial charge in [-0.05, 0) is 32.9 Å². The number of hydrogen-bond acceptors (Lipinski definition) is 4. The van der Waals surface area contributed by atoms with Crippen molar-refractivity contribution in [2.75, 3.05) is 53.5 Å². The minimum Gasteiger partial charge on any atom is -0.497 e. The van der Waals surface area contributed by atoms with E-state index in [-0.39, 0.29) is 29.9 Å². The van der Waals surface area contributed by atoms with Crippen LogP contribution in [0.25, 0.3) is 0 Å². The van der Waals surface area contributed by atoms with Gasteiger partial charge in [0, 0.05) is 32.7 Å². The molecule has 0 atom stereocenters. The van der Waals surface area contributed by atoms with Crippen LogP contribution in [0, 0.1) is 0 Å². The number of aliphatic imine (C=N–C) groups is 1. The van der Waals surface area contributed by atoms with Gasteiger partial charge in [0.1, 0.15) is 18.1 Å². The first kappa shape index (κ1) is 25.3. The van der Waals surface area contributed by atoms with Crippen LogP contribution in [0.2, 0.25) is 0 Å². The summed E-state index contributed by atoms with van der Waals surface area (Å²) in [7, 11) is 3.49. The van der Waals surface area contributed by atoms with Gasteiger partial charge in [-0.15, -0.1) is 24.0 Å². The molecular weight excluding hydrogens is 459 g/mol. The minimum absolute atomic E-state index is 0. The van der Waals surface area contributed by atoms with Crippen LogP contribution in [0.5, 0.6) is 11.5 Å². The fourth-order valence-corrected chi connectivity index (χ4v) is 2.43. The molecule has 0 aliphatic rings. The van der Waals surface area contributed by atoms with Gasteiger partial charge in [0.15, 0.2) is 5.96 Å². The van der Waals surface area contributed by atoms with Gasteiger partial charge < -0.3 is 24.6 Å². The maximum atomic E-state index is 12.3. The number of rotatable bonds is 10. The van der Waals surface area contributed by atoms with Crippen LogP contribution in [-0.4, -0.2) is 75.2 Å². The number of nitrogens with zero attached hydrogens (tertiary/aromatic N) is 3. The van der Waals surface area contributed by atoms with Crippen molar-refractivity contribution in [3.8, 4) is 11.5 Å². The Morgan fingerprint density at radius 2 is 1.85 bits per heavy atom. The molecule has 0 aliphatic carbocycles. The van der Waals surface area contributed by atoms with E-state index in [1.165, 1.54) is 0 Å². The third-order valence-corrected chi connectivity index (χ3v) is 3.85. The maximum Gasteiger partial charge on any atom is 0.242 e. The Kier molecular flexibility index (Phi) is 13.5. The highest BCUT2D eigenvalue weighted by Gasteiger charge is 2.14. The van der Waals surface area contributed by atoms with Crippen LogP contribution in [0.3, 0.4) is 0 Å². The van der Waals surface area contributed by atoms with Crippen LogP contribution in [0.4, 0.5) is 0 Å². The summed E-state index contributed by atoms with van der Waals surface area (Å²) in [6.45, 7) is 9.36. The number of halogens is 1. The number of likely N-dealkylation sites (N-methyl/N-ethyl adjacent to an activating group) is 2. The molecule has 0 fully saturated rings. The van der Waals surface area contributed by atoms with Gasteiger partial charge in [-0.3, -0.25) is 4.79 Å². The highest BCUT2D eigenvalue weighted by atomic mass is 127. The van der Waals surface area contributed by atoms with E-state index in [2.05, 4.69) is 10.3 Å². The first-order valence-corrected chi connectivity index (χ1v) is 9.09. The number of carbonyl (C=O) groups is 1. The molecule has 0 heterocycles. The van der Waals surface area contributed by atoms with Crippen LogP contribution in [0.1, 0.15) is 20.8 Å². The zero-order valence-electron chi connectivity index (χ0n) is 17.0. The largest absolute Gasteiger partial charge is 0.497 e. The molecule has 1 amide bonds. The number of methoxy groups -OCH3 is 1. The Bertz CT molecular complexity index is 580. The average Bonchev–Trinajstić information content (AvgIpc) is 2.65. The number of guanidine groups is 1. The van der Waals surface area contributed by atoms with E-state index >= 15 is 0 Å². The van der Waals surface area contributed by atoms with Crippen molar-refractivity contribution >= 4 is 35.8 Å². The van der Waals surface area contributed by atoms with Crippen molar-refractivity contribution in [2.45, 2.75) is 20.8 Å². The average molecular weight is 492 g/mol. The predicted octanol–water partition coefficient (Wildman–Crippen LogP) is 2.46. The summed E-state index contributed by atoms with van der Waals surface area (Å²) in [6, 6.07) is 7.47. The zero-order valence-corrected chi connectivity index (χ0v) is 19.4. The highest BCUT2D eigenvalue weighted by Crippen LogP contribution is 2.18. The van der Waals surface area contributed by atoms with Crippen molar-refractivity contribution in [1.29, 1.82) is 0 Å². The first-order valence-electron chi connectivity index (χ1n) is 9.09. The number of hydrogen-bond donors (Lipinski definition) is 1. The molecule has 7 nitrogen and oxygen atoms in total. The maximum absolute atomic E-state index is 12.3. The van der Waals surface area contributed by atoms with Crippen molar-refractivity contribution in [1.82, 2.24) is 15.1 Å². The number of ether oxygens (including phenoxy) is 2. The van der Waals surface area contributed by atoms with Crippen LogP contribution in [0.15, 0.2) is 29.3 Å². The summed E-state index contributed by atoms with van der Waals surface area (Å²) in [6.07, 6.45) is 0. The van der Waals surface area contributed by atoms with E-state index in [1.54, 1.807) is 7.11 Å². The van der Waals surface area contributed by atoms with Crippen LogP contribution < -0.4 is 14.8 Å². The molecule has 0 radical (unpaired) electrons. The molecule has 0 saturated carbocycles. The number of benzene rings is 1. The zero-order chi connectivity index (χ0) is 19.4. The molecule has 1 aromatic rings. The molecule has 0 bridgehead atoms. The SMILES string of the molecule is CCNC(=NCCOc1cccc(OC)c1)N(C)CC(=O)N(CC)CC.I. The second-order valence-electron chi connectivity index (χ2n) is 5.69. The van der Waals surface area contributed by atoms with Gasteiger partial charge in [0.25, 0.3) is 0 Å². The van der Waals surface area contributed by atoms with Gasteiger partial charge in [0.2, 0.25) is 5.91 Å². The van der Waals surface area contributed by atoms with E-state index in [1.807, 2.05) is 61.9 Å². The van der Waals surface area contributed by atoms with Gasteiger partial charge >= 0.3 is 0 Å². The Hall–Kier alpha value is -1.71. The van der Waals surface area contributed by atoms with Gasteiger partial charge in [0.05, 0.1) is 20.2 Å². The number of nitrogens with one attached hydrogen (secondary N) is 1. The highest BCUT2D eigenvalue weighted by molar-refractivity contribution is 14.0. The molecule has 0 spiro atoms. The molecule has 0 saturated heterocycles. The lowest BCUT2D eigenvalue weighted by molar-refractivity contribution is -0.131. The van der Waals surface area contributed by atoms with E-state index in [4.69, 9.17) is 9.47 Å². The molecule has 154 valence electrons. The Morgan fingerprint density at radius 3 is 2.44 bits per heavy atom. The molecule has 0 aliphatic heterocycles. The van der Waals surface area contributed by atoms with Crippen molar-refractivity contribution in [2.24, 2.45) is 4.99 Å². The minimum atomic E-state index is 0. The molecule has 1 rings (SSSR count). The first-order chi connectivity index (χ1) is 12.5. The Labute approximate surface area is 180 Å². The lowest BCUT2D eigenvalue weighted by atomic mass is 10.3. The lowest BCUT2D eigenvalue weighted by Crippen LogP contribution is -2.45. The third kappa shape index (κ3) is 9.16. The van der Waals surface area contributed by atoms with Crippen molar-refractivity contribution < 1.29 is 14.3 Å². The van der Waals surface area contributed by atoms with E-state index in [9.17, 15) is 4.79 Å². The normalized spacial score (nSPS) is 10.6. The van der Waals surface area contributed by atoms with Crippen LogP contribution >= 0.6 is 24.0 Å². The molecule has 27 heavy (non-hydrogen) atoms. The summed E-state index contributed by atoms with van der Waals surface area (Å²) in [4.78, 5) is 20.5. The topological polar surface area (TPSA) is 66.4 Å². The molecule has 0 unspecified atom stereocenters. The monoisotopic (exact) mass is 492 g/mol. The summed E-state index contributed by atoms with van der Waals surface area (Å²) in [5.41, 5.74) is 0. The summed E-state index contributed by atoms with van der Waals surface area (Å²) in [5.74, 6) is 2.29. The van der Waals surface area contributed by atoms with E-state index in [0.29, 0.717) is 38.7 Å². The molecule has 0 aromatic heterocycles. The molecule has 8 heteroatoms. The second kappa shape index (κ2) is 14.4.